The van der Waals surface area contributed by atoms with Crippen molar-refractivity contribution in [2.24, 2.45) is 0 Å². The molecular weight excluding hydrogens is 604 g/mol. The number of anilines is 7. The predicted octanol–water partition coefficient (Wildman–Crippen LogP) is 4.60. The second-order valence-electron chi connectivity index (χ2n) is 11.0. The molecule has 0 saturated carbocycles. The number of amides is 1. The zero-order valence-electron chi connectivity index (χ0n) is 25.2. The van der Waals surface area contributed by atoms with Gasteiger partial charge in [0, 0.05) is 31.7 Å². The van der Waals surface area contributed by atoms with Crippen LogP contribution in [0.25, 0.3) is 0 Å². The van der Waals surface area contributed by atoms with Crippen LogP contribution in [0, 0.1) is 0 Å². The molecule has 0 unspecified atom stereocenters. The number of carbonyl (C=O) groups excluding carboxylic acids is 1. The standard InChI is InChI=1S/C30H37ClN8O4S/c1-6-27(40)33-23-16-24(26(43-4)17-25(23)38-13-11-20(12-14-38)37(2)3)35-30-32-18-21(31)29(36-30)34-22-9-7-8-19-10-15-39(28(19)22)44(5,41)42/h6-9,16-18,20H,1,10-15H2,2-5H3,(H,33,40)(H2,32,34,35,36). The maximum atomic E-state index is 12.5. The minimum absolute atomic E-state index is 0.211. The van der Waals surface area contributed by atoms with Crippen LogP contribution < -0.4 is 29.9 Å². The van der Waals surface area contributed by atoms with Gasteiger partial charge in [0.1, 0.15) is 10.8 Å². The first-order valence-corrected chi connectivity index (χ1v) is 16.4. The van der Waals surface area contributed by atoms with Crippen molar-refractivity contribution in [1.82, 2.24) is 14.9 Å². The van der Waals surface area contributed by atoms with Crippen molar-refractivity contribution >= 4 is 67.7 Å². The zero-order chi connectivity index (χ0) is 31.6. The fourth-order valence-corrected chi connectivity index (χ4v) is 6.73. The number of carbonyl (C=O) groups is 1. The Bertz CT molecular complexity index is 1680. The molecule has 44 heavy (non-hydrogen) atoms. The maximum Gasteiger partial charge on any atom is 0.247 e. The van der Waals surface area contributed by atoms with Crippen molar-refractivity contribution in [3.05, 3.63) is 59.8 Å². The molecule has 14 heteroatoms. The molecule has 2 aliphatic rings. The molecule has 0 radical (unpaired) electrons. The summed E-state index contributed by atoms with van der Waals surface area (Å²) in [6, 6.07) is 9.72. The van der Waals surface area contributed by atoms with Gasteiger partial charge in [-0.05, 0) is 57.1 Å². The number of hydrogen-bond acceptors (Lipinski definition) is 10. The van der Waals surface area contributed by atoms with Crippen LogP contribution in [-0.4, -0.2) is 82.3 Å². The Balaban J connectivity index is 1.45. The van der Waals surface area contributed by atoms with Gasteiger partial charge in [-0.1, -0.05) is 30.3 Å². The summed E-state index contributed by atoms with van der Waals surface area (Å²) in [4.78, 5) is 25.8. The average molecular weight is 641 g/mol. The van der Waals surface area contributed by atoms with E-state index in [1.807, 2.05) is 18.2 Å². The average Bonchev–Trinajstić information content (AvgIpc) is 3.45. The molecule has 0 spiro atoms. The number of fused-ring (bicyclic) bond motifs is 1. The minimum Gasteiger partial charge on any atom is -0.494 e. The number of methoxy groups -OCH3 is 1. The van der Waals surface area contributed by atoms with Gasteiger partial charge in [0.05, 0.1) is 48.0 Å². The van der Waals surface area contributed by atoms with E-state index in [4.69, 9.17) is 16.3 Å². The van der Waals surface area contributed by atoms with E-state index < -0.39 is 10.0 Å². The fraction of sp³-hybridized carbons (Fsp3) is 0.367. The normalized spacial score (nSPS) is 15.2. The van der Waals surface area contributed by atoms with Gasteiger partial charge in [-0.2, -0.15) is 4.98 Å². The molecule has 1 amide bonds. The topological polar surface area (TPSA) is 132 Å². The van der Waals surface area contributed by atoms with Crippen LogP contribution in [-0.2, 0) is 21.2 Å². The van der Waals surface area contributed by atoms with Crippen molar-refractivity contribution in [3.8, 4) is 5.75 Å². The zero-order valence-corrected chi connectivity index (χ0v) is 26.8. The van der Waals surface area contributed by atoms with E-state index in [1.165, 1.54) is 22.8 Å². The highest BCUT2D eigenvalue weighted by molar-refractivity contribution is 7.92. The summed E-state index contributed by atoms with van der Waals surface area (Å²) in [5.41, 5.74) is 4.01. The molecule has 0 atom stereocenters. The van der Waals surface area contributed by atoms with Crippen molar-refractivity contribution in [1.29, 1.82) is 0 Å². The van der Waals surface area contributed by atoms with Gasteiger partial charge in [0.2, 0.25) is 21.9 Å². The summed E-state index contributed by atoms with van der Waals surface area (Å²) in [5.74, 6) is 0.697. The van der Waals surface area contributed by atoms with E-state index in [-0.39, 0.29) is 22.7 Å². The number of rotatable bonds is 10. The molecule has 3 aromatic rings. The summed E-state index contributed by atoms with van der Waals surface area (Å²) in [6.07, 6.45) is 6.46. The quantitative estimate of drug-likeness (QED) is 0.270. The van der Waals surface area contributed by atoms with E-state index >= 15 is 0 Å². The number of piperidine rings is 1. The Kier molecular flexibility index (Phi) is 9.18. The SMILES string of the molecule is C=CC(=O)Nc1cc(Nc2ncc(Cl)c(Nc3cccc4c3N(S(C)(=O)=O)CC4)n2)c(OC)cc1N1CCC(N(C)C)CC1. The van der Waals surface area contributed by atoms with E-state index in [1.54, 1.807) is 19.2 Å². The largest absolute Gasteiger partial charge is 0.494 e. The minimum atomic E-state index is -3.47. The summed E-state index contributed by atoms with van der Waals surface area (Å²) >= 11 is 6.48. The highest BCUT2D eigenvalue weighted by Crippen LogP contribution is 2.41. The van der Waals surface area contributed by atoms with Gasteiger partial charge >= 0.3 is 0 Å². The second kappa shape index (κ2) is 12.9. The third-order valence-corrected chi connectivity index (χ3v) is 9.34. The molecule has 1 saturated heterocycles. The lowest BCUT2D eigenvalue weighted by molar-refractivity contribution is -0.111. The lowest BCUT2D eigenvalue weighted by Crippen LogP contribution is -2.42. The first-order chi connectivity index (χ1) is 21.0. The van der Waals surface area contributed by atoms with Gasteiger partial charge in [0.25, 0.3) is 0 Å². The van der Waals surface area contributed by atoms with E-state index in [0.29, 0.717) is 47.5 Å². The van der Waals surface area contributed by atoms with Crippen LogP contribution in [0.5, 0.6) is 5.75 Å². The molecule has 0 aliphatic carbocycles. The Labute approximate surface area is 263 Å². The second-order valence-corrected chi connectivity index (χ2v) is 13.3. The number of para-hydroxylation sites is 1. The highest BCUT2D eigenvalue weighted by Gasteiger charge is 2.29. The number of nitrogens with one attached hydrogen (secondary N) is 3. The first-order valence-electron chi connectivity index (χ1n) is 14.2. The van der Waals surface area contributed by atoms with E-state index in [9.17, 15) is 13.2 Å². The lowest BCUT2D eigenvalue weighted by atomic mass is 10.0. The van der Waals surface area contributed by atoms with Crippen LogP contribution in [0.2, 0.25) is 5.02 Å². The van der Waals surface area contributed by atoms with Crippen molar-refractivity contribution in [3.63, 3.8) is 0 Å². The van der Waals surface area contributed by atoms with Gasteiger partial charge < -0.3 is 30.5 Å². The molecule has 3 N–H and O–H groups in total. The Hall–Kier alpha value is -4.07. The molecule has 0 bridgehead atoms. The van der Waals surface area contributed by atoms with Crippen LogP contribution in [0.1, 0.15) is 18.4 Å². The van der Waals surface area contributed by atoms with Crippen LogP contribution >= 0.6 is 11.6 Å². The van der Waals surface area contributed by atoms with E-state index in [2.05, 4.69) is 56.4 Å². The molecule has 1 aromatic heterocycles. The Morgan fingerprint density at radius 2 is 1.89 bits per heavy atom. The van der Waals surface area contributed by atoms with Gasteiger partial charge in [0.15, 0.2) is 5.82 Å². The lowest BCUT2D eigenvalue weighted by Gasteiger charge is -2.37. The maximum absolute atomic E-state index is 12.5. The monoisotopic (exact) mass is 640 g/mol. The summed E-state index contributed by atoms with van der Waals surface area (Å²) in [7, 11) is 2.29. The summed E-state index contributed by atoms with van der Waals surface area (Å²) in [5, 5.41) is 9.57. The molecule has 2 aliphatic heterocycles. The van der Waals surface area contributed by atoms with Crippen molar-refractivity contribution < 1.29 is 17.9 Å². The molecule has 234 valence electrons. The number of ether oxygens (including phenoxy) is 1. The number of hydrogen-bond donors (Lipinski definition) is 3. The number of halogens is 1. The number of benzene rings is 2. The third-order valence-electron chi connectivity index (χ3n) is 7.89. The Morgan fingerprint density at radius 1 is 1.14 bits per heavy atom. The fourth-order valence-electron chi connectivity index (χ4n) is 5.62. The molecule has 1 fully saturated rings. The van der Waals surface area contributed by atoms with E-state index in [0.717, 1.165) is 37.2 Å². The summed E-state index contributed by atoms with van der Waals surface area (Å²) < 4.78 is 32.0. The molecular formula is C30H37ClN8O4S. The van der Waals surface area contributed by atoms with Crippen LogP contribution in [0.15, 0.2) is 49.2 Å². The van der Waals surface area contributed by atoms with Gasteiger partial charge in [-0.3, -0.25) is 9.10 Å². The molecule has 2 aromatic carbocycles. The van der Waals surface area contributed by atoms with Crippen molar-refractivity contribution in [2.75, 3.05) is 72.3 Å². The number of aromatic nitrogens is 2. The van der Waals surface area contributed by atoms with Crippen molar-refractivity contribution in [2.45, 2.75) is 25.3 Å². The number of nitrogens with zero attached hydrogens (tertiary/aromatic N) is 5. The van der Waals surface area contributed by atoms with Gasteiger partial charge in [-0.25, -0.2) is 13.4 Å². The van der Waals surface area contributed by atoms with Gasteiger partial charge in [-0.15, -0.1) is 0 Å². The Morgan fingerprint density at radius 3 is 2.55 bits per heavy atom. The molecule has 5 rings (SSSR count). The van der Waals surface area contributed by atoms with Crippen LogP contribution in [0.3, 0.4) is 0 Å². The molecule has 3 heterocycles. The highest BCUT2D eigenvalue weighted by atomic mass is 35.5. The predicted molar refractivity (Wildman–Crippen MR) is 177 cm³/mol. The number of sulfonamides is 1. The third kappa shape index (κ3) is 6.69. The summed E-state index contributed by atoms with van der Waals surface area (Å²) in [6.45, 7) is 5.61. The smallest absolute Gasteiger partial charge is 0.247 e. The molecule has 12 nitrogen and oxygen atoms in total. The van der Waals surface area contributed by atoms with Crippen LogP contribution in [0.4, 0.5) is 40.2 Å². The first kappa shape index (κ1) is 31.4.